The molecule has 0 atom stereocenters. The number of nitrogens with zero attached hydrogens (tertiary/aromatic N) is 2. The van der Waals surface area contributed by atoms with Crippen molar-refractivity contribution in [2.45, 2.75) is 0 Å². The lowest BCUT2D eigenvalue weighted by atomic mass is 10.2. The zero-order valence-electron chi connectivity index (χ0n) is 9.80. The van der Waals surface area contributed by atoms with E-state index in [0.29, 0.717) is 22.1 Å². The average molecular weight is 262 g/mol. The quantitative estimate of drug-likeness (QED) is 0.904. The number of rotatable bonds is 2. The number of nitrogens with two attached hydrogens (primary N) is 1. The van der Waals surface area contributed by atoms with E-state index in [9.17, 15) is 4.79 Å². The predicted molar refractivity (Wildman–Crippen MR) is 72.8 cm³/mol. The molecule has 0 fully saturated rings. The van der Waals surface area contributed by atoms with E-state index in [4.69, 9.17) is 17.3 Å². The highest BCUT2D eigenvalue weighted by atomic mass is 35.5. The number of hydrogen-bond acceptors (Lipinski definition) is 3. The van der Waals surface area contributed by atoms with Crippen LogP contribution in [-0.2, 0) is 0 Å². The molecule has 1 heterocycles. The highest BCUT2D eigenvalue weighted by molar-refractivity contribution is 6.31. The molecule has 1 aromatic carbocycles. The maximum Gasteiger partial charge on any atom is 0.259 e. The number of hydrogen-bond donors (Lipinski definition) is 1. The predicted octanol–water partition coefficient (Wildman–Crippen LogP) is 2.59. The Morgan fingerprint density at radius 3 is 2.78 bits per heavy atom. The first-order valence-electron chi connectivity index (χ1n) is 5.33. The molecule has 0 aliphatic rings. The van der Waals surface area contributed by atoms with E-state index in [2.05, 4.69) is 4.98 Å². The van der Waals surface area contributed by atoms with Crippen molar-refractivity contribution in [3.63, 3.8) is 0 Å². The van der Waals surface area contributed by atoms with Crippen LogP contribution < -0.4 is 10.6 Å². The van der Waals surface area contributed by atoms with E-state index in [1.165, 1.54) is 4.90 Å². The molecule has 0 saturated heterocycles. The van der Waals surface area contributed by atoms with Crippen LogP contribution in [0.25, 0.3) is 0 Å². The van der Waals surface area contributed by atoms with Crippen molar-refractivity contribution in [3.8, 4) is 0 Å². The second-order valence-corrected chi connectivity index (χ2v) is 4.26. The number of halogens is 1. The van der Waals surface area contributed by atoms with Crippen LogP contribution in [-0.4, -0.2) is 17.9 Å². The van der Waals surface area contributed by atoms with Gasteiger partial charge in [0.15, 0.2) is 0 Å². The van der Waals surface area contributed by atoms with Gasteiger partial charge < -0.3 is 5.73 Å². The molecule has 5 heteroatoms. The molecule has 0 bridgehead atoms. The Balaban J connectivity index is 2.29. The van der Waals surface area contributed by atoms with E-state index in [1.807, 2.05) is 0 Å². The Bertz CT molecular complexity index is 586. The molecule has 0 spiro atoms. The van der Waals surface area contributed by atoms with Gasteiger partial charge in [0.05, 0.1) is 0 Å². The van der Waals surface area contributed by atoms with E-state index in [1.54, 1.807) is 49.6 Å². The standard InChI is InChI=1S/C13H12ClN3O/c1-17(12-8-11(15)5-6-16-12)13(18)9-3-2-4-10(14)7-9/h2-8H,1H3,(H2,15,16). The second kappa shape index (κ2) is 5.06. The van der Waals surface area contributed by atoms with Crippen molar-refractivity contribution in [3.05, 3.63) is 53.2 Å². The van der Waals surface area contributed by atoms with Crippen molar-refractivity contribution < 1.29 is 4.79 Å². The number of pyridine rings is 1. The lowest BCUT2D eigenvalue weighted by Crippen LogP contribution is -2.27. The molecule has 0 saturated carbocycles. The third-order valence-corrected chi connectivity index (χ3v) is 2.72. The van der Waals surface area contributed by atoms with Crippen LogP contribution >= 0.6 is 11.6 Å². The first-order chi connectivity index (χ1) is 8.58. The molecule has 1 aromatic heterocycles. The fourth-order valence-corrected chi connectivity index (χ4v) is 1.73. The summed E-state index contributed by atoms with van der Waals surface area (Å²) in [4.78, 5) is 17.7. The van der Waals surface area contributed by atoms with Crippen molar-refractivity contribution in [2.75, 3.05) is 17.7 Å². The van der Waals surface area contributed by atoms with E-state index >= 15 is 0 Å². The number of aromatic nitrogens is 1. The summed E-state index contributed by atoms with van der Waals surface area (Å²) >= 11 is 5.86. The summed E-state index contributed by atoms with van der Waals surface area (Å²) in [5.41, 5.74) is 6.73. The first-order valence-corrected chi connectivity index (χ1v) is 5.71. The molecule has 0 aliphatic carbocycles. The van der Waals surface area contributed by atoms with Gasteiger partial charge in [-0.05, 0) is 24.3 Å². The molecule has 92 valence electrons. The summed E-state index contributed by atoms with van der Waals surface area (Å²) in [6.45, 7) is 0. The number of benzene rings is 1. The summed E-state index contributed by atoms with van der Waals surface area (Å²) in [5, 5.41) is 0.523. The summed E-state index contributed by atoms with van der Waals surface area (Å²) in [7, 11) is 1.64. The van der Waals surface area contributed by atoms with Gasteiger partial charge in [-0.1, -0.05) is 17.7 Å². The molecule has 4 nitrogen and oxygen atoms in total. The third kappa shape index (κ3) is 2.60. The van der Waals surface area contributed by atoms with Crippen LogP contribution in [0.15, 0.2) is 42.6 Å². The maximum atomic E-state index is 12.2. The Morgan fingerprint density at radius 1 is 1.33 bits per heavy atom. The van der Waals surface area contributed by atoms with Gasteiger partial charge in [0.2, 0.25) is 0 Å². The van der Waals surface area contributed by atoms with Gasteiger partial charge in [-0.25, -0.2) is 4.98 Å². The van der Waals surface area contributed by atoms with Crippen molar-refractivity contribution in [2.24, 2.45) is 0 Å². The van der Waals surface area contributed by atoms with Crippen LogP contribution in [0.4, 0.5) is 11.5 Å². The minimum Gasteiger partial charge on any atom is -0.399 e. The average Bonchev–Trinajstić information content (AvgIpc) is 2.37. The largest absolute Gasteiger partial charge is 0.399 e. The zero-order valence-corrected chi connectivity index (χ0v) is 10.6. The zero-order chi connectivity index (χ0) is 13.1. The Hall–Kier alpha value is -2.07. The molecule has 0 aliphatic heterocycles. The van der Waals surface area contributed by atoms with Crippen molar-refractivity contribution in [1.82, 2.24) is 4.98 Å². The van der Waals surface area contributed by atoms with Crippen LogP contribution in [0, 0.1) is 0 Å². The topological polar surface area (TPSA) is 59.2 Å². The van der Waals surface area contributed by atoms with Crippen LogP contribution in [0.3, 0.4) is 0 Å². The molecule has 2 aromatic rings. The summed E-state index contributed by atoms with van der Waals surface area (Å²) in [6, 6.07) is 10.1. The third-order valence-electron chi connectivity index (χ3n) is 2.49. The van der Waals surface area contributed by atoms with Gasteiger partial charge in [-0.3, -0.25) is 9.69 Å². The van der Waals surface area contributed by atoms with Gasteiger partial charge in [0.25, 0.3) is 5.91 Å². The molecule has 0 unspecified atom stereocenters. The molecule has 2 rings (SSSR count). The molecular formula is C13H12ClN3O. The molecule has 18 heavy (non-hydrogen) atoms. The number of anilines is 2. The number of carbonyl (C=O) groups is 1. The van der Waals surface area contributed by atoms with Gasteiger partial charge in [-0.15, -0.1) is 0 Å². The summed E-state index contributed by atoms with van der Waals surface area (Å²) in [6.07, 6.45) is 1.56. The molecule has 1 amide bonds. The summed E-state index contributed by atoms with van der Waals surface area (Å²) < 4.78 is 0. The minimum atomic E-state index is -0.185. The van der Waals surface area contributed by atoms with Gasteiger partial charge >= 0.3 is 0 Å². The minimum absolute atomic E-state index is 0.185. The number of carbonyl (C=O) groups excluding carboxylic acids is 1. The number of amides is 1. The summed E-state index contributed by atoms with van der Waals surface area (Å²) in [5.74, 6) is 0.315. The lowest BCUT2D eigenvalue weighted by molar-refractivity contribution is 0.0992. The fourth-order valence-electron chi connectivity index (χ4n) is 1.54. The normalized spacial score (nSPS) is 10.1. The van der Waals surface area contributed by atoms with Gasteiger partial charge in [0.1, 0.15) is 5.82 Å². The van der Waals surface area contributed by atoms with E-state index < -0.39 is 0 Å². The van der Waals surface area contributed by atoms with E-state index in [0.717, 1.165) is 0 Å². The van der Waals surface area contributed by atoms with Crippen molar-refractivity contribution >= 4 is 29.0 Å². The Morgan fingerprint density at radius 2 is 2.11 bits per heavy atom. The highest BCUT2D eigenvalue weighted by Gasteiger charge is 2.14. The second-order valence-electron chi connectivity index (χ2n) is 3.82. The number of nitrogen functional groups attached to an aromatic ring is 1. The molecule has 0 radical (unpaired) electrons. The monoisotopic (exact) mass is 261 g/mol. The van der Waals surface area contributed by atoms with Gasteiger partial charge in [-0.2, -0.15) is 0 Å². The maximum absolute atomic E-state index is 12.2. The fraction of sp³-hybridized carbons (Fsp3) is 0.0769. The van der Waals surface area contributed by atoms with Crippen LogP contribution in [0.1, 0.15) is 10.4 Å². The Kier molecular flexibility index (Phi) is 3.48. The van der Waals surface area contributed by atoms with Gasteiger partial charge in [0, 0.05) is 35.6 Å². The van der Waals surface area contributed by atoms with Crippen molar-refractivity contribution in [1.29, 1.82) is 0 Å². The van der Waals surface area contributed by atoms with Crippen LogP contribution in [0.2, 0.25) is 5.02 Å². The molecular weight excluding hydrogens is 250 g/mol. The Labute approximate surface area is 110 Å². The van der Waals surface area contributed by atoms with E-state index in [-0.39, 0.29) is 5.91 Å². The smallest absolute Gasteiger partial charge is 0.259 e. The SMILES string of the molecule is CN(C(=O)c1cccc(Cl)c1)c1cc(N)ccn1. The van der Waals surface area contributed by atoms with Crippen LogP contribution in [0.5, 0.6) is 0 Å². The first kappa shape index (κ1) is 12.4. The molecule has 2 N–H and O–H groups in total. The lowest BCUT2D eigenvalue weighted by Gasteiger charge is -2.16. The highest BCUT2D eigenvalue weighted by Crippen LogP contribution is 2.17.